The van der Waals surface area contributed by atoms with Gasteiger partial charge in [-0.05, 0) is 95.9 Å². The van der Waals surface area contributed by atoms with E-state index in [0.29, 0.717) is 55.9 Å². The van der Waals surface area contributed by atoms with Crippen molar-refractivity contribution in [2.45, 2.75) is 127 Å². The van der Waals surface area contributed by atoms with Gasteiger partial charge < -0.3 is 28.6 Å². The number of benzene rings is 1. The van der Waals surface area contributed by atoms with Gasteiger partial charge in [-0.3, -0.25) is 4.90 Å². The molecule has 5 atom stereocenters. The van der Waals surface area contributed by atoms with Gasteiger partial charge in [0.2, 0.25) is 0 Å². The third kappa shape index (κ3) is 4.53. The quantitative estimate of drug-likeness (QED) is 0.362. The van der Waals surface area contributed by atoms with Gasteiger partial charge in [-0.15, -0.1) is 0 Å². The Kier molecular flexibility index (Phi) is 6.88. The standard InChI is InChI=1S/C33H48N2O7Si/c1-30(2,3)41-29(37)35-17-10-11-21(35)28(36)39-23-14-15-33(38)24-19-20-12-13-22(42-43(8,9)31(4,5)6)26-25(20)32(33,27(23)40-26)16-18-34(24)7/h12-14,21,24,27,38H,10-11,15-19H2,1-9H3/t21-,24-,27-,32-,33+/m0/s1. The molecule has 2 bridgehead atoms. The first-order valence-corrected chi connectivity index (χ1v) is 18.7. The van der Waals surface area contributed by atoms with Gasteiger partial charge in [-0.1, -0.05) is 26.8 Å². The van der Waals surface area contributed by atoms with Crippen molar-refractivity contribution in [3.8, 4) is 11.5 Å². The molecule has 0 aromatic heterocycles. The van der Waals surface area contributed by atoms with Crippen molar-refractivity contribution in [3.05, 3.63) is 35.1 Å². The zero-order chi connectivity index (χ0) is 31.3. The van der Waals surface area contributed by atoms with E-state index in [-0.39, 0.29) is 11.1 Å². The fraction of sp³-hybridized carbons (Fsp3) is 0.697. The van der Waals surface area contributed by atoms with E-state index >= 15 is 0 Å². The van der Waals surface area contributed by atoms with Gasteiger partial charge >= 0.3 is 12.1 Å². The normalized spacial score (nSPS) is 31.6. The lowest BCUT2D eigenvalue weighted by molar-refractivity contribution is -0.170. The van der Waals surface area contributed by atoms with Crippen molar-refractivity contribution in [2.24, 2.45) is 0 Å². The van der Waals surface area contributed by atoms with Gasteiger partial charge in [0.25, 0.3) is 8.32 Å². The molecule has 1 amide bonds. The van der Waals surface area contributed by atoms with Gasteiger partial charge in [0.1, 0.15) is 23.2 Å². The van der Waals surface area contributed by atoms with E-state index in [1.807, 2.05) is 32.9 Å². The van der Waals surface area contributed by atoms with Crippen molar-refractivity contribution >= 4 is 20.4 Å². The SMILES string of the molecule is CN1CC[C@]23c4c5ccc(O[Si](C)(C)C(C)(C)C)c4O[C@H]2C(OC(=O)[C@@H]2CCCN2C(=O)OC(C)(C)C)=CC[C@@]3(O)[C@@H]1C5. The predicted molar refractivity (Wildman–Crippen MR) is 165 cm³/mol. The van der Waals surface area contributed by atoms with Crippen LogP contribution in [0.4, 0.5) is 4.79 Å². The summed E-state index contributed by atoms with van der Waals surface area (Å²) in [6.07, 6.45) is 3.57. The van der Waals surface area contributed by atoms with Crippen LogP contribution in [0.2, 0.25) is 18.1 Å². The average molecular weight is 613 g/mol. The fourth-order valence-corrected chi connectivity index (χ4v) is 8.69. The van der Waals surface area contributed by atoms with Gasteiger partial charge in [-0.2, -0.15) is 0 Å². The third-order valence-electron chi connectivity index (χ3n) is 10.9. The van der Waals surface area contributed by atoms with E-state index in [4.69, 9.17) is 18.6 Å². The Balaban J connectivity index is 1.37. The minimum absolute atomic E-state index is 0.0133. The maximum absolute atomic E-state index is 13.7. The van der Waals surface area contributed by atoms with Crippen LogP contribution >= 0.6 is 0 Å². The number of aliphatic hydroxyl groups is 1. The second kappa shape index (κ2) is 9.72. The van der Waals surface area contributed by atoms with Gasteiger partial charge in [0.15, 0.2) is 11.9 Å². The first-order chi connectivity index (χ1) is 19.9. The van der Waals surface area contributed by atoms with Crippen molar-refractivity contribution < 1.29 is 33.3 Å². The molecule has 1 aromatic carbocycles. The van der Waals surface area contributed by atoms with Crippen LogP contribution in [-0.4, -0.2) is 84.8 Å². The Morgan fingerprint density at radius 2 is 1.84 bits per heavy atom. The summed E-state index contributed by atoms with van der Waals surface area (Å²) in [7, 11) is -0.139. The molecule has 9 nitrogen and oxygen atoms in total. The van der Waals surface area contributed by atoms with Crippen LogP contribution in [0.3, 0.4) is 0 Å². The summed E-state index contributed by atoms with van der Waals surface area (Å²) in [5.74, 6) is 1.30. The number of piperidine rings is 1. The van der Waals surface area contributed by atoms with E-state index < -0.39 is 49.1 Å². The molecule has 1 spiro atoms. The monoisotopic (exact) mass is 612 g/mol. The van der Waals surface area contributed by atoms with Crippen molar-refractivity contribution in [3.63, 3.8) is 0 Å². The Morgan fingerprint density at radius 1 is 1.12 bits per heavy atom. The Hall–Kier alpha value is -2.56. The van der Waals surface area contributed by atoms with Crippen molar-refractivity contribution in [2.75, 3.05) is 20.1 Å². The molecular formula is C33H48N2O7Si. The molecule has 0 unspecified atom stereocenters. The summed E-state index contributed by atoms with van der Waals surface area (Å²) in [4.78, 5) is 30.4. The minimum Gasteiger partial charge on any atom is -0.541 e. The molecule has 0 saturated carbocycles. The van der Waals surface area contributed by atoms with E-state index in [9.17, 15) is 14.7 Å². The van der Waals surface area contributed by atoms with Crippen LogP contribution in [-0.2, 0) is 26.1 Å². The van der Waals surface area contributed by atoms with E-state index in [1.54, 1.807) is 0 Å². The number of hydrogen-bond acceptors (Lipinski definition) is 8. The topological polar surface area (TPSA) is 97.8 Å². The fourth-order valence-electron chi connectivity index (χ4n) is 7.67. The zero-order valence-corrected chi connectivity index (χ0v) is 28.2. The summed E-state index contributed by atoms with van der Waals surface area (Å²) in [6, 6.07) is 3.34. The lowest BCUT2D eigenvalue weighted by Crippen LogP contribution is -2.74. The zero-order valence-electron chi connectivity index (χ0n) is 27.2. The molecule has 6 rings (SSSR count). The molecule has 3 heterocycles. The van der Waals surface area contributed by atoms with Crippen molar-refractivity contribution in [1.29, 1.82) is 0 Å². The first kappa shape index (κ1) is 30.5. The molecule has 236 valence electrons. The molecule has 2 aliphatic carbocycles. The smallest absolute Gasteiger partial charge is 0.411 e. The van der Waals surface area contributed by atoms with Crippen molar-refractivity contribution in [1.82, 2.24) is 9.80 Å². The van der Waals surface area contributed by atoms with Crippen LogP contribution in [0.5, 0.6) is 11.5 Å². The number of amides is 1. The van der Waals surface area contributed by atoms with Gasteiger partial charge in [0.05, 0.1) is 11.0 Å². The lowest BCUT2D eigenvalue weighted by Gasteiger charge is -2.61. The molecule has 0 radical (unpaired) electrons. The van der Waals surface area contributed by atoms with Crippen LogP contribution < -0.4 is 9.16 Å². The summed E-state index contributed by atoms with van der Waals surface area (Å²) >= 11 is 0. The number of likely N-dealkylation sites (tertiary alicyclic amines) is 2. The van der Waals surface area contributed by atoms with Crippen LogP contribution in [0.15, 0.2) is 24.0 Å². The maximum Gasteiger partial charge on any atom is 0.411 e. The minimum atomic E-state index is -2.21. The molecule has 10 heteroatoms. The lowest BCUT2D eigenvalue weighted by atomic mass is 9.50. The molecule has 2 fully saturated rings. The number of carbonyl (C=O) groups is 2. The van der Waals surface area contributed by atoms with Crippen LogP contribution in [0, 0.1) is 0 Å². The molecule has 2 saturated heterocycles. The van der Waals surface area contributed by atoms with E-state index in [1.165, 1.54) is 4.90 Å². The van der Waals surface area contributed by atoms with E-state index in [0.717, 1.165) is 17.7 Å². The van der Waals surface area contributed by atoms with Crippen LogP contribution in [0.25, 0.3) is 0 Å². The second-order valence-electron chi connectivity index (χ2n) is 15.7. The summed E-state index contributed by atoms with van der Waals surface area (Å²) in [5, 5.41) is 12.6. The highest BCUT2D eigenvalue weighted by molar-refractivity contribution is 6.74. The number of likely N-dealkylation sites (N-methyl/N-ethyl adjacent to an activating group) is 1. The average Bonchev–Trinajstić information content (AvgIpc) is 3.51. The highest BCUT2D eigenvalue weighted by Crippen LogP contribution is 2.65. The molecule has 43 heavy (non-hydrogen) atoms. The predicted octanol–water partition coefficient (Wildman–Crippen LogP) is 5.29. The maximum atomic E-state index is 13.7. The number of rotatable bonds is 4. The molecular weight excluding hydrogens is 564 g/mol. The number of carbonyl (C=O) groups excluding carboxylic acids is 2. The van der Waals surface area contributed by atoms with Crippen LogP contribution in [0.1, 0.15) is 78.4 Å². The van der Waals surface area contributed by atoms with E-state index in [2.05, 4.69) is 51.9 Å². The molecule has 5 aliphatic rings. The summed E-state index contributed by atoms with van der Waals surface area (Å²) in [5.41, 5.74) is -0.366. The molecule has 1 aromatic rings. The number of nitrogens with zero attached hydrogens (tertiary/aromatic N) is 2. The molecule has 3 aliphatic heterocycles. The largest absolute Gasteiger partial charge is 0.541 e. The molecule has 1 N–H and O–H groups in total. The first-order valence-electron chi connectivity index (χ1n) is 15.8. The van der Waals surface area contributed by atoms with Gasteiger partial charge in [-0.25, -0.2) is 9.59 Å². The summed E-state index contributed by atoms with van der Waals surface area (Å²) < 4.78 is 25.5. The number of hydrogen-bond donors (Lipinski definition) is 1. The number of ether oxygens (including phenoxy) is 3. The Bertz CT molecular complexity index is 1380. The van der Waals surface area contributed by atoms with Gasteiger partial charge in [0, 0.05) is 24.6 Å². The third-order valence-corrected chi connectivity index (χ3v) is 15.2. The number of esters is 1. The summed E-state index contributed by atoms with van der Waals surface area (Å²) in [6.45, 7) is 17.7. The second-order valence-corrected chi connectivity index (χ2v) is 20.4. The Morgan fingerprint density at radius 3 is 2.51 bits per heavy atom. The highest BCUT2D eigenvalue weighted by Gasteiger charge is 2.72. The Labute approximate surface area is 256 Å². The highest BCUT2D eigenvalue weighted by atomic mass is 28.4.